The van der Waals surface area contributed by atoms with E-state index < -0.39 is 0 Å². The van der Waals surface area contributed by atoms with Gasteiger partial charge >= 0.3 is 0 Å². The predicted octanol–water partition coefficient (Wildman–Crippen LogP) is 2.96. The molecule has 0 aliphatic carbocycles. The van der Waals surface area contributed by atoms with E-state index in [9.17, 15) is 10.2 Å². The zero-order valence-corrected chi connectivity index (χ0v) is 12.4. The average molecular weight is 285 g/mol. The number of benzene rings is 2. The quantitative estimate of drug-likeness (QED) is 0.733. The third-order valence-electron chi connectivity index (χ3n) is 3.69. The van der Waals surface area contributed by atoms with Crippen molar-refractivity contribution in [1.29, 1.82) is 0 Å². The van der Waals surface area contributed by atoms with Gasteiger partial charge in [-0.05, 0) is 30.9 Å². The summed E-state index contributed by atoms with van der Waals surface area (Å²) < 4.78 is 0. The summed E-state index contributed by atoms with van der Waals surface area (Å²) >= 11 is 0. The second kappa shape index (κ2) is 7.81. The lowest BCUT2D eigenvalue weighted by molar-refractivity contribution is 0.273. The van der Waals surface area contributed by atoms with E-state index >= 15 is 0 Å². The van der Waals surface area contributed by atoms with E-state index in [2.05, 4.69) is 17.4 Å². The molecule has 3 N–H and O–H groups in total. The normalized spacial score (nSPS) is 12.3. The molecule has 0 aromatic heterocycles. The number of hydrogen-bond acceptors (Lipinski definition) is 3. The van der Waals surface area contributed by atoms with Crippen molar-refractivity contribution in [3.63, 3.8) is 0 Å². The summed E-state index contributed by atoms with van der Waals surface area (Å²) in [7, 11) is 0. The van der Waals surface area contributed by atoms with Crippen molar-refractivity contribution in [2.24, 2.45) is 0 Å². The van der Waals surface area contributed by atoms with Crippen LogP contribution >= 0.6 is 0 Å². The van der Waals surface area contributed by atoms with Crippen molar-refractivity contribution in [3.8, 4) is 5.75 Å². The summed E-state index contributed by atoms with van der Waals surface area (Å²) in [5.74, 6) is 0.606. The van der Waals surface area contributed by atoms with Gasteiger partial charge in [-0.15, -0.1) is 0 Å². The maximum absolute atomic E-state index is 9.84. The van der Waals surface area contributed by atoms with Crippen molar-refractivity contribution in [2.45, 2.75) is 25.8 Å². The molecule has 112 valence electrons. The monoisotopic (exact) mass is 285 g/mol. The minimum atomic E-state index is 0.178. The van der Waals surface area contributed by atoms with Crippen molar-refractivity contribution in [3.05, 3.63) is 65.2 Å². The second-order valence-electron chi connectivity index (χ2n) is 5.38. The maximum Gasteiger partial charge on any atom is 0.120 e. The van der Waals surface area contributed by atoms with Crippen LogP contribution in [0.1, 0.15) is 29.0 Å². The van der Waals surface area contributed by atoms with Gasteiger partial charge in [0.15, 0.2) is 0 Å². The molecule has 21 heavy (non-hydrogen) atoms. The van der Waals surface area contributed by atoms with Crippen molar-refractivity contribution in [2.75, 3.05) is 13.2 Å². The molecule has 2 aromatic carbocycles. The van der Waals surface area contributed by atoms with Crippen molar-refractivity contribution in [1.82, 2.24) is 5.32 Å². The molecule has 0 bridgehead atoms. The number of rotatable bonds is 7. The highest BCUT2D eigenvalue weighted by Crippen LogP contribution is 2.20. The second-order valence-corrected chi connectivity index (χ2v) is 5.38. The summed E-state index contributed by atoms with van der Waals surface area (Å²) in [5.41, 5.74) is 3.28. The van der Waals surface area contributed by atoms with Gasteiger partial charge in [0.2, 0.25) is 0 Å². The molecule has 0 saturated carbocycles. The first-order valence-corrected chi connectivity index (χ1v) is 7.35. The maximum atomic E-state index is 9.84. The number of aliphatic hydroxyl groups is 1. The summed E-state index contributed by atoms with van der Waals surface area (Å²) in [6.07, 6.45) is 0.733. The highest BCUT2D eigenvalue weighted by Gasteiger charge is 2.10. The Morgan fingerprint density at radius 2 is 1.86 bits per heavy atom. The van der Waals surface area contributed by atoms with Crippen LogP contribution in [0, 0.1) is 6.92 Å². The lowest BCUT2D eigenvalue weighted by Crippen LogP contribution is -2.22. The molecule has 3 heteroatoms. The number of aliphatic hydroxyl groups excluding tert-OH is 1. The minimum Gasteiger partial charge on any atom is -0.508 e. The third kappa shape index (κ3) is 4.59. The summed E-state index contributed by atoms with van der Waals surface area (Å²) in [4.78, 5) is 0. The predicted molar refractivity (Wildman–Crippen MR) is 85.4 cm³/mol. The zero-order valence-electron chi connectivity index (χ0n) is 12.4. The van der Waals surface area contributed by atoms with Gasteiger partial charge in [-0.2, -0.15) is 0 Å². The fourth-order valence-corrected chi connectivity index (χ4v) is 2.50. The Kier molecular flexibility index (Phi) is 5.78. The smallest absolute Gasteiger partial charge is 0.120 e. The Balaban J connectivity index is 1.95. The summed E-state index contributed by atoms with van der Waals surface area (Å²) in [6, 6.07) is 15.8. The Labute approximate surface area is 126 Å². The average Bonchev–Trinajstić information content (AvgIpc) is 2.51. The molecule has 2 rings (SSSR count). The van der Waals surface area contributed by atoms with E-state index in [1.165, 1.54) is 5.56 Å². The van der Waals surface area contributed by atoms with Crippen LogP contribution in [-0.4, -0.2) is 23.4 Å². The van der Waals surface area contributed by atoms with Gasteiger partial charge in [0.1, 0.15) is 5.75 Å². The molecule has 0 fully saturated rings. The molecular formula is C18H23NO2. The first-order valence-electron chi connectivity index (χ1n) is 7.35. The van der Waals surface area contributed by atoms with Gasteiger partial charge in [-0.25, -0.2) is 0 Å². The van der Waals surface area contributed by atoms with E-state index in [4.69, 9.17) is 0 Å². The molecule has 0 radical (unpaired) electrons. The van der Waals surface area contributed by atoms with Crippen LogP contribution in [0.2, 0.25) is 0 Å². The van der Waals surface area contributed by atoms with E-state index in [1.54, 1.807) is 6.07 Å². The third-order valence-corrected chi connectivity index (χ3v) is 3.69. The van der Waals surface area contributed by atoms with E-state index in [1.807, 2.05) is 37.3 Å². The lowest BCUT2D eigenvalue weighted by Gasteiger charge is -2.17. The van der Waals surface area contributed by atoms with Gasteiger partial charge < -0.3 is 15.5 Å². The van der Waals surface area contributed by atoms with Gasteiger partial charge in [0, 0.05) is 25.3 Å². The molecule has 0 heterocycles. The number of nitrogens with one attached hydrogen (secondary N) is 1. The van der Waals surface area contributed by atoms with Gasteiger partial charge in [-0.1, -0.05) is 48.0 Å². The van der Waals surface area contributed by atoms with Crippen LogP contribution in [-0.2, 0) is 6.54 Å². The van der Waals surface area contributed by atoms with Crippen LogP contribution < -0.4 is 5.32 Å². The Bertz CT molecular complexity index is 554. The molecular weight excluding hydrogens is 262 g/mol. The number of aromatic hydroxyl groups is 1. The van der Waals surface area contributed by atoms with Crippen LogP contribution in [0.3, 0.4) is 0 Å². The fourth-order valence-electron chi connectivity index (χ4n) is 2.50. The highest BCUT2D eigenvalue weighted by molar-refractivity contribution is 5.35. The van der Waals surface area contributed by atoms with Crippen LogP contribution in [0.4, 0.5) is 0 Å². The van der Waals surface area contributed by atoms with E-state index in [0.29, 0.717) is 12.3 Å². The SMILES string of the molecule is Cc1ccc(O)c(CNCC(CCO)c2ccccc2)c1. The topological polar surface area (TPSA) is 52.5 Å². The van der Waals surface area contributed by atoms with Crippen molar-refractivity contribution < 1.29 is 10.2 Å². The highest BCUT2D eigenvalue weighted by atomic mass is 16.3. The first kappa shape index (κ1) is 15.5. The zero-order chi connectivity index (χ0) is 15.1. The Morgan fingerprint density at radius 1 is 1.10 bits per heavy atom. The number of hydrogen-bond donors (Lipinski definition) is 3. The Hall–Kier alpha value is -1.84. The molecule has 3 nitrogen and oxygen atoms in total. The van der Waals surface area contributed by atoms with Gasteiger partial charge in [0.25, 0.3) is 0 Å². The Morgan fingerprint density at radius 3 is 2.57 bits per heavy atom. The molecule has 0 spiro atoms. The summed E-state index contributed by atoms with van der Waals surface area (Å²) in [6.45, 7) is 3.60. The van der Waals surface area contributed by atoms with Crippen molar-refractivity contribution >= 4 is 0 Å². The van der Waals surface area contributed by atoms with Gasteiger partial charge in [0.05, 0.1) is 0 Å². The molecule has 0 amide bonds. The molecule has 0 saturated heterocycles. The summed E-state index contributed by atoms with van der Waals surface area (Å²) in [5, 5.41) is 22.4. The molecule has 0 aliphatic heterocycles. The molecule has 1 atom stereocenters. The fraction of sp³-hybridized carbons (Fsp3) is 0.333. The van der Waals surface area contributed by atoms with Gasteiger partial charge in [-0.3, -0.25) is 0 Å². The molecule has 0 aliphatic rings. The first-order chi connectivity index (χ1) is 10.2. The largest absolute Gasteiger partial charge is 0.508 e. The number of phenolic OH excluding ortho intramolecular Hbond substituents is 1. The van der Waals surface area contributed by atoms with Crippen LogP contribution in [0.5, 0.6) is 5.75 Å². The standard InChI is InChI=1S/C18H23NO2/c1-14-7-8-18(21)17(11-14)13-19-12-16(9-10-20)15-5-3-2-4-6-15/h2-8,11,16,19-21H,9-10,12-13H2,1H3. The van der Waals surface area contributed by atoms with Crippen LogP contribution in [0.25, 0.3) is 0 Å². The van der Waals surface area contributed by atoms with Crippen LogP contribution in [0.15, 0.2) is 48.5 Å². The molecule has 1 unspecified atom stereocenters. The number of aryl methyl sites for hydroxylation is 1. The molecule has 2 aromatic rings. The van der Waals surface area contributed by atoms with E-state index in [-0.39, 0.29) is 12.5 Å². The number of phenols is 1. The lowest BCUT2D eigenvalue weighted by atomic mass is 9.96. The van der Waals surface area contributed by atoms with E-state index in [0.717, 1.165) is 24.1 Å². The minimum absolute atomic E-state index is 0.178.